The number of halogens is 1. The number of fused-ring (bicyclic) bond motifs is 1. The molecule has 2 heterocycles. The van der Waals surface area contributed by atoms with Gasteiger partial charge in [-0.25, -0.2) is 14.8 Å². The Balaban J connectivity index is 1.59. The summed E-state index contributed by atoms with van der Waals surface area (Å²) in [6.07, 6.45) is -0.128. The molecule has 2 atom stereocenters. The number of nitrogens with zero attached hydrogens (tertiary/aromatic N) is 4. The molecule has 198 valence electrons. The molecule has 2 fully saturated rings. The molecule has 2 aromatic rings. The first-order valence-corrected chi connectivity index (χ1v) is 12.8. The van der Waals surface area contributed by atoms with E-state index in [1.54, 1.807) is 40.0 Å². The largest absolute Gasteiger partial charge is 0.497 e. The Kier molecular flexibility index (Phi) is 8.24. The van der Waals surface area contributed by atoms with Gasteiger partial charge in [0.05, 0.1) is 20.2 Å². The van der Waals surface area contributed by atoms with Gasteiger partial charge in [0.2, 0.25) is 11.8 Å². The Hall–Kier alpha value is -3.30. The summed E-state index contributed by atoms with van der Waals surface area (Å²) in [7, 11) is 3.32. The van der Waals surface area contributed by atoms with E-state index in [4.69, 9.17) is 16.3 Å². The molecule has 0 saturated carbocycles. The van der Waals surface area contributed by atoms with Gasteiger partial charge in [0.15, 0.2) is 0 Å². The first-order chi connectivity index (χ1) is 17.7. The molecule has 2 aliphatic rings. The zero-order chi connectivity index (χ0) is 26.7. The molecule has 4 amide bonds. The fourth-order valence-electron chi connectivity index (χ4n) is 4.96. The Morgan fingerprint density at radius 1 is 1.14 bits per heavy atom. The van der Waals surface area contributed by atoms with Crippen molar-refractivity contribution in [3.8, 4) is 5.75 Å². The molecule has 10 heteroatoms. The van der Waals surface area contributed by atoms with Crippen molar-refractivity contribution >= 4 is 29.4 Å². The highest BCUT2D eigenvalue weighted by molar-refractivity contribution is 6.31. The first-order valence-electron chi connectivity index (χ1n) is 12.4. The van der Waals surface area contributed by atoms with Gasteiger partial charge in [0.1, 0.15) is 18.0 Å². The molecule has 2 aromatic carbocycles. The van der Waals surface area contributed by atoms with E-state index < -0.39 is 12.2 Å². The van der Waals surface area contributed by atoms with Crippen LogP contribution in [0, 0.1) is 5.92 Å². The molecule has 0 aliphatic carbocycles. The monoisotopic (exact) mass is 527 g/mol. The van der Waals surface area contributed by atoms with Crippen LogP contribution in [0.15, 0.2) is 48.5 Å². The van der Waals surface area contributed by atoms with Crippen molar-refractivity contribution in [1.82, 2.24) is 25.1 Å². The van der Waals surface area contributed by atoms with Crippen molar-refractivity contribution in [2.24, 2.45) is 5.92 Å². The molecule has 2 saturated heterocycles. The van der Waals surface area contributed by atoms with Crippen LogP contribution in [0.1, 0.15) is 31.4 Å². The third kappa shape index (κ3) is 5.83. The molecule has 9 nitrogen and oxygen atoms in total. The minimum atomic E-state index is -0.653. The van der Waals surface area contributed by atoms with Crippen molar-refractivity contribution in [2.45, 2.75) is 45.6 Å². The van der Waals surface area contributed by atoms with Crippen LogP contribution in [-0.2, 0) is 22.7 Å². The van der Waals surface area contributed by atoms with Crippen molar-refractivity contribution in [3.63, 3.8) is 0 Å². The van der Waals surface area contributed by atoms with E-state index in [0.717, 1.165) is 16.9 Å². The van der Waals surface area contributed by atoms with Crippen molar-refractivity contribution in [3.05, 3.63) is 64.7 Å². The van der Waals surface area contributed by atoms with Gasteiger partial charge in [-0.15, -0.1) is 0 Å². The Morgan fingerprint density at radius 2 is 1.84 bits per heavy atom. The number of hydrogen-bond acceptors (Lipinski definition) is 5. The zero-order valence-electron chi connectivity index (χ0n) is 21.7. The molecule has 37 heavy (non-hydrogen) atoms. The van der Waals surface area contributed by atoms with Crippen LogP contribution in [0.2, 0.25) is 5.02 Å². The molecule has 0 aromatic heterocycles. The predicted octanol–water partition coefficient (Wildman–Crippen LogP) is 3.33. The zero-order valence-corrected chi connectivity index (χ0v) is 22.4. The van der Waals surface area contributed by atoms with Crippen molar-refractivity contribution in [2.75, 3.05) is 27.2 Å². The maximum Gasteiger partial charge on any atom is 0.334 e. The molecular formula is C27H34ClN5O4. The number of methoxy groups -OCH3 is 1. The number of benzene rings is 2. The minimum Gasteiger partial charge on any atom is -0.497 e. The lowest BCUT2D eigenvalue weighted by atomic mass is 9.96. The lowest BCUT2D eigenvalue weighted by Crippen LogP contribution is -2.75. The second-order valence-electron chi connectivity index (χ2n) is 9.90. The number of carbonyl (C=O) groups excluding carboxylic acids is 3. The fraction of sp³-hybridized carbons (Fsp3) is 0.444. The van der Waals surface area contributed by atoms with Crippen LogP contribution in [0.25, 0.3) is 0 Å². The quantitative estimate of drug-likeness (QED) is 0.597. The number of piperazine rings is 1. The number of amides is 4. The first kappa shape index (κ1) is 26.8. The maximum absolute atomic E-state index is 13.6. The predicted molar refractivity (Wildman–Crippen MR) is 140 cm³/mol. The van der Waals surface area contributed by atoms with Gasteiger partial charge in [-0.3, -0.25) is 9.59 Å². The maximum atomic E-state index is 13.6. The Labute approximate surface area is 222 Å². The summed E-state index contributed by atoms with van der Waals surface area (Å²) in [5.41, 5.74) is 1.74. The summed E-state index contributed by atoms with van der Waals surface area (Å²) in [5, 5.41) is 6.73. The number of urea groups is 1. The highest BCUT2D eigenvalue weighted by Gasteiger charge is 2.50. The molecule has 4 rings (SSSR count). The van der Waals surface area contributed by atoms with Crippen LogP contribution in [-0.4, -0.2) is 77.1 Å². The van der Waals surface area contributed by atoms with E-state index in [-0.39, 0.29) is 36.9 Å². The lowest BCUT2D eigenvalue weighted by Gasteiger charge is -2.54. The smallest absolute Gasteiger partial charge is 0.334 e. The Bertz CT molecular complexity index is 1140. The summed E-state index contributed by atoms with van der Waals surface area (Å²) in [6, 6.07) is 13.9. The van der Waals surface area contributed by atoms with E-state index in [0.29, 0.717) is 24.5 Å². The number of nitrogens with one attached hydrogen (secondary N) is 1. The minimum absolute atomic E-state index is 0.0127. The number of carbonyl (C=O) groups is 3. The van der Waals surface area contributed by atoms with Gasteiger partial charge in [-0.1, -0.05) is 55.8 Å². The van der Waals surface area contributed by atoms with Gasteiger partial charge < -0.3 is 19.9 Å². The number of ether oxygens (including phenoxy) is 1. The number of hydrazine groups is 1. The standard InChI is InChI=1S/C27H34ClN5O4/c1-18(2)13-23-26(35)31(15-20-7-5-6-8-22(20)28)16-24-32(23)25(34)17-30(3)33(24)27(36)29-14-19-9-11-21(37-4)12-10-19/h5-12,18,23-24H,13-17H2,1-4H3,(H,29,36)/t23-,24-/m0/s1. The molecule has 0 radical (unpaired) electrons. The lowest BCUT2D eigenvalue weighted by molar-refractivity contribution is -0.188. The van der Waals surface area contributed by atoms with E-state index in [1.165, 1.54) is 0 Å². The average molecular weight is 528 g/mol. The van der Waals surface area contributed by atoms with Crippen molar-refractivity contribution in [1.29, 1.82) is 0 Å². The van der Waals surface area contributed by atoms with E-state index in [9.17, 15) is 14.4 Å². The van der Waals surface area contributed by atoms with Gasteiger partial charge >= 0.3 is 6.03 Å². The van der Waals surface area contributed by atoms with E-state index in [1.807, 2.05) is 56.3 Å². The van der Waals surface area contributed by atoms with Gasteiger partial charge in [0, 0.05) is 25.2 Å². The number of likely N-dealkylation sites (N-methyl/N-ethyl adjacent to an activating group) is 1. The molecule has 0 unspecified atom stereocenters. The number of hydrogen-bond donors (Lipinski definition) is 1. The molecule has 0 spiro atoms. The van der Waals surface area contributed by atoms with Gasteiger partial charge in [0.25, 0.3) is 0 Å². The van der Waals surface area contributed by atoms with Crippen LogP contribution >= 0.6 is 11.6 Å². The molecule has 0 bridgehead atoms. The van der Waals surface area contributed by atoms with Gasteiger partial charge in [-0.2, -0.15) is 0 Å². The molecule has 1 N–H and O–H groups in total. The highest BCUT2D eigenvalue weighted by Crippen LogP contribution is 2.30. The number of rotatable bonds is 7. The molecular weight excluding hydrogens is 494 g/mol. The van der Waals surface area contributed by atoms with Crippen molar-refractivity contribution < 1.29 is 19.1 Å². The van der Waals surface area contributed by atoms with Crippen LogP contribution in [0.4, 0.5) is 4.79 Å². The highest BCUT2D eigenvalue weighted by atomic mass is 35.5. The summed E-state index contributed by atoms with van der Waals surface area (Å²) >= 11 is 6.40. The average Bonchev–Trinajstić information content (AvgIpc) is 2.86. The second-order valence-corrected chi connectivity index (χ2v) is 10.3. The van der Waals surface area contributed by atoms with Crippen LogP contribution < -0.4 is 10.1 Å². The van der Waals surface area contributed by atoms with Crippen LogP contribution in [0.3, 0.4) is 0 Å². The second kappa shape index (κ2) is 11.4. The Morgan fingerprint density at radius 3 is 2.49 bits per heavy atom. The van der Waals surface area contributed by atoms with Gasteiger partial charge in [-0.05, 0) is 41.7 Å². The third-order valence-corrected chi connectivity index (χ3v) is 7.13. The third-order valence-electron chi connectivity index (χ3n) is 6.76. The fourth-order valence-corrected chi connectivity index (χ4v) is 5.15. The summed E-state index contributed by atoms with van der Waals surface area (Å²) in [4.78, 5) is 43.7. The van der Waals surface area contributed by atoms with E-state index in [2.05, 4.69) is 5.32 Å². The summed E-state index contributed by atoms with van der Waals surface area (Å²) < 4.78 is 5.20. The van der Waals surface area contributed by atoms with Crippen LogP contribution in [0.5, 0.6) is 5.75 Å². The normalized spacial score (nSPS) is 20.3. The summed E-state index contributed by atoms with van der Waals surface area (Å²) in [5.74, 6) is 0.630. The SMILES string of the molecule is COc1ccc(CNC(=O)N2[C@H]3CN(Cc4ccccc4Cl)C(=O)[C@H](CC(C)C)N3C(=O)CN2C)cc1. The topological polar surface area (TPSA) is 85.4 Å². The van der Waals surface area contributed by atoms with E-state index >= 15 is 0 Å². The molecule has 2 aliphatic heterocycles. The summed E-state index contributed by atoms with van der Waals surface area (Å²) in [6.45, 7) is 4.86.